The molecule has 0 aromatic heterocycles. The third-order valence-electron chi connectivity index (χ3n) is 3.73. The van der Waals surface area contributed by atoms with Crippen molar-refractivity contribution in [2.75, 3.05) is 13.2 Å². The van der Waals surface area contributed by atoms with Crippen LogP contribution in [0.3, 0.4) is 0 Å². The van der Waals surface area contributed by atoms with E-state index in [2.05, 4.69) is 20.8 Å². The average molecular weight is 278 g/mol. The highest BCUT2D eigenvalue weighted by Crippen LogP contribution is 2.31. The Morgan fingerprint density at radius 1 is 1.10 bits per heavy atom. The van der Waals surface area contributed by atoms with E-state index in [1.807, 2.05) is 31.2 Å². The van der Waals surface area contributed by atoms with Crippen LogP contribution < -0.4 is 0 Å². The van der Waals surface area contributed by atoms with Gasteiger partial charge in [0.15, 0.2) is 0 Å². The first-order chi connectivity index (χ1) is 9.25. The summed E-state index contributed by atoms with van der Waals surface area (Å²) in [6.07, 6.45) is 0.362. The van der Waals surface area contributed by atoms with Gasteiger partial charge in [0.05, 0.1) is 12.0 Å². The monoisotopic (exact) mass is 278 g/mol. The first-order valence-corrected chi connectivity index (χ1v) is 7.15. The zero-order chi connectivity index (χ0) is 15.4. The number of benzene rings is 1. The fraction of sp³-hybridized carbons (Fsp3) is 0.588. The molecule has 0 heterocycles. The molecule has 20 heavy (non-hydrogen) atoms. The van der Waals surface area contributed by atoms with Gasteiger partial charge >= 0.3 is 5.97 Å². The molecule has 0 aliphatic rings. The lowest BCUT2D eigenvalue weighted by Crippen LogP contribution is -2.35. The van der Waals surface area contributed by atoms with Gasteiger partial charge in [0.25, 0.3) is 0 Å². The molecule has 3 heteroatoms. The summed E-state index contributed by atoms with van der Waals surface area (Å²) in [6.45, 7) is 10.4. The van der Waals surface area contributed by atoms with E-state index in [1.54, 1.807) is 6.92 Å². The van der Waals surface area contributed by atoms with Gasteiger partial charge < -0.3 is 9.84 Å². The van der Waals surface area contributed by atoms with Crippen molar-refractivity contribution in [1.82, 2.24) is 0 Å². The number of ether oxygens (including phenoxy) is 1. The van der Waals surface area contributed by atoms with Gasteiger partial charge in [0, 0.05) is 6.61 Å². The van der Waals surface area contributed by atoms with Crippen LogP contribution in [-0.2, 0) is 20.4 Å². The van der Waals surface area contributed by atoms with Crippen molar-refractivity contribution in [2.45, 2.75) is 51.9 Å². The molecule has 1 N–H and O–H groups in total. The van der Waals surface area contributed by atoms with Crippen molar-refractivity contribution in [1.29, 1.82) is 0 Å². The Bertz CT molecular complexity index is 442. The van der Waals surface area contributed by atoms with Crippen LogP contribution >= 0.6 is 0 Å². The lowest BCUT2D eigenvalue weighted by Gasteiger charge is -2.28. The van der Waals surface area contributed by atoms with Crippen molar-refractivity contribution >= 4 is 5.97 Å². The highest BCUT2D eigenvalue weighted by molar-refractivity contribution is 5.82. The van der Waals surface area contributed by atoms with Crippen LogP contribution in [-0.4, -0.2) is 24.3 Å². The lowest BCUT2D eigenvalue weighted by atomic mass is 9.78. The number of hydrogen-bond acceptors (Lipinski definition) is 3. The van der Waals surface area contributed by atoms with Gasteiger partial charge in [-0.15, -0.1) is 0 Å². The van der Waals surface area contributed by atoms with Gasteiger partial charge in [-0.2, -0.15) is 0 Å². The normalized spacial score (nSPS) is 14.7. The fourth-order valence-corrected chi connectivity index (χ4v) is 2.22. The number of aliphatic hydroxyl groups excluding tert-OH is 1. The van der Waals surface area contributed by atoms with Crippen molar-refractivity contribution in [3.8, 4) is 0 Å². The Labute approximate surface area is 122 Å². The standard InChI is InChI=1S/C17H26O3/c1-6-20-15(19)17(5,11-12-18)14-9-7-13(8-10-14)16(2,3)4/h7-10,18H,6,11-12H2,1-5H3. The van der Waals surface area contributed by atoms with Crippen LogP contribution in [0.2, 0.25) is 0 Å². The number of carbonyl (C=O) groups excluding carboxylic acids is 1. The first kappa shape index (κ1) is 16.7. The van der Waals surface area contributed by atoms with E-state index >= 15 is 0 Å². The first-order valence-electron chi connectivity index (χ1n) is 7.15. The second-order valence-corrected chi connectivity index (χ2v) is 6.35. The van der Waals surface area contributed by atoms with E-state index in [4.69, 9.17) is 4.74 Å². The zero-order valence-electron chi connectivity index (χ0n) is 13.2. The molecule has 1 aromatic carbocycles. The highest BCUT2D eigenvalue weighted by Gasteiger charge is 2.36. The van der Waals surface area contributed by atoms with E-state index in [0.717, 1.165) is 5.56 Å². The zero-order valence-corrected chi connectivity index (χ0v) is 13.2. The van der Waals surface area contributed by atoms with Crippen LogP contribution in [0.4, 0.5) is 0 Å². The SMILES string of the molecule is CCOC(=O)C(C)(CCO)c1ccc(C(C)(C)C)cc1. The van der Waals surface area contributed by atoms with E-state index in [9.17, 15) is 9.90 Å². The van der Waals surface area contributed by atoms with Crippen molar-refractivity contribution < 1.29 is 14.6 Å². The van der Waals surface area contributed by atoms with Crippen molar-refractivity contribution in [3.05, 3.63) is 35.4 Å². The third-order valence-corrected chi connectivity index (χ3v) is 3.73. The van der Waals surface area contributed by atoms with E-state index in [-0.39, 0.29) is 18.0 Å². The Kier molecular flexibility index (Phi) is 5.35. The Morgan fingerprint density at radius 2 is 1.60 bits per heavy atom. The van der Waals surface area contributed by atoms with Gasteiger partial charge in [-0.1, -0.05) is 45.0 Å². The molecule has 0 bridgehead atoms. The molecule has 1 atom stereocenters. The van der Waals surface area contributed by atoms with Gasteiger partial charge in [-0.05, 0) is 36.8 Å². The fourth-order valence-electron chi connectivity index (χ4n) is 2.22. The topological polar surface area (TPSA) is 46.5 Å². The minimum absolute atomic E-state index is 0.0453. The summed E-state index contributed by atoms with van der Waals surface area (Å²) in [5, 5.41) is 9.26. The second-order valence-electron chi connectivity index (χ2n) is 6.35. The maximum atomic E-state index is 12.2. The summed E-state index contributed by atoms with van der Waals surface area (Å²) >= 11 is 0. The second kappa shape index (κ2) is 6.40. The van der Waals surface area contributed by atoms with E-state index in [0.29, 0.717) is 13.0 Å². The maximum absolute atomic E-state index is 12.2. The average Bonchev–Trinajstić information content (AvgIpc) is 2.38. The van der Waals surface area contributed by atoms with Gasteiger partial charge in [-0.3, -0.25) is 4.79 Å². The summed E-state index contributed by atoms with van der Waals surface area (Å²) in [6, 6.07) is 8.02. The molecule has 0 fully saturated rings. The molecule has 0 saturated carbocycles. The highest BCUT2D eigenvalue weighted by atomic mass is 16.5. The lowest BCUT2D eigenvalue weighted by molar-refractivity contribution is -0.150. The number of carbonyl (C=O) groups is 1. The Morgan fingerprint density at radius 3 is 2.00 bits per heavy atom. The number of esters is 1. The number of rotatable bonds is 5. The predicted octanol–water partition coefficient (Wildman–Crippen LogP) is 3.19. The minimum Gasteiger partial charge on any atom is -0.465 e. The van der Waals surface area contributed by atoms with Crippen LogP contribution in [0.5, 0.6) is 0 Å². The summed E-state index contributed by atoms with van der Waals surface area (Å²) in [7, 11) is 0. The largest absolute Gasteiger partial charge is 0.465 e. The van der Waals surface area contributed by atoms with Gasteiger partial charge in [-0.25, -0.2) is 0 Å². The molecule has 1 rings (SSSR count). The van der Waals surface area contributed by atoms with Crippen LogP contribution in [0.1, 0.15) is 52.2 Å². The van der Waals surface area contributed by atoms with Gasteiger partial charge in [0.1, 0.15) is 0 Å². The number of aliphatic hydroxyl groups is 1. The molecule has 0 aliphatic heterocycles. The Balaban J connectivity index is 3.13. The van der Waals surface area contributed by atoms with Crippen molar-refractivity contribution in [2.24, 2.45) is 0 Å². The quantitative estimate of drug-likeness (QED) is 0.841. The molecule has 0 amide bonds. The summed E-state index contributed by atoms with van der Waals surface area (Å²) in [5.74, 6) is -0.280. The van der Waals surface area contributed by atoms with Gasteiger partial charge in [0.2, 0.25) is 0 Å². The molecule has 1 unspecified atom stereocenters. The molecule has 0 aliphatic carbocycles. The minimum atomic E-state index is -0.791. The Hall–Kier alpha value is -1.35. The number of hydrogen-bond donors (Lipinski definition) is 1. The molecule has 0 saturated heterocycles. The van der Waals surface area contributed by atoms with Crippen LogP contribution in [0.15, 0.2) is 24.3 Å². The van der Waals surface area contributed by atoms with Crippen molar-refractivity contribution in [3.63, 3.8) is 0 Å². The molecular weight excluding hydrogens is 252 g/mol. The molecule has 3 nitrogen and oxygen atoms in total. The van der Waals surface area contributed by atoms with Crippen LogP contribution in [0.25, 0.3) is 0 Å². The molecule has 1 aromatic rings. The summed E-state index contributed by atoms with van der Waals surface area (Å²) < 4.78 is 5.16. The third kappa shape index (κ3) is 3.60. The maximum Gasteiger partial charge on any atom is 0.316 e. The van der Waals surface area contributed by atoms with Crippen LogP contribution in [0, 0.1) is 0 Å². The predicted molar refractivity (Wildman–Crippen MR) is 80.8 cm³/mol. The smallest absolute Gasteiger partial charge is 0.316 e. The molecule has 112 valence electrons. The van der Waals surface area contributed by atoms with E-state index < -0.39 is 5.41 Å². The molecular formula is C17H26O3. The molecule has 0 spiro atoms. The summed E-state index contributed by atoms with van der Waals surface area (Å²) in [4.78, 5) is 12.2. The van der Waals surface area contributed by atoms with E-state index in [1.165, 1.54) is 5.56 Å². The summed E-state index contributed by atoms with van der Waals surface area (Å²) in [5.41, 5.74) is 1.39. The molecule has 0 radical (unpaired) electrons.